The Labute approximate surface area is 227 Å². The monoisotopic (exact) mass is 574 g/mol. The number of carbonyl (C=O) groups excluding carboxylic acids is 2. The van der Waals surface area contributed by atoms with Gasteiger partial charge in [0.25, 0.3) is 5.91 Å². The lowest BCUT2D eigenvalue weighted by molar-refractivity contribution is -0.130. The molecule has 0 spiro atoms. The summed E-state index contributed by atoms with van der Waals surface area (Å²) in [5, 5.41) is 7.71. The van der Waals surface area contributed by atoms with E-state index in [1.807, 2.05) is 48.7 Å². The Hall–Kier alpha value is -3.82. The lowest BCUT2D eigenvalue weighted by atomic mass is 10.0. The number of hydrogen-bond acceptors (Lipinski definition) is 4. The molecule has 38 heavy (non-hydrogen) atoms. The van der Waals surface area contributed by atoms with Crippen molar-refractivity contribution in [2.75, 3.05) is 11.9 Å². The van der Waals surface area contributed by atoms with Crippen LogP contribution in [0.25, 0.3) is 16.9 Å². The van der Waals surface area contributed by atoms with Crippen LogP contribution in [-0.4, -0.2) is 39.1 Å². The van der Waals surface area contributed by atoms with E-state index >= 15 is 0 Å². The highest BCUT2D eigenvalue weighted by Gasteiger charge is 2.40. The van der Waals surface area contributed by atoms with Gasteiger partial charge in [-0.1, -0.05) is 28.1 Å². The second-order valence-corrected chi connectivity index (χ2v) is 10.4. The lowest BCUT2D eigenvalue weighted by Crippen LogP contribution is -2.32. The van der Waals surface area contributed by atoms with E-state index in [9.17, 15) is 14.0 Å². The lowest BCUT2D eigenvalue weighted by Gasteiger charge is -2.23. The zero-order valence-electron chi connectivity index (χ0n) is 20.5. The molecule has 4 aromatic rings. The van der Waals surface area contributed by atoms with Crippen molar-refractivity contribution in [2.45, 2.75) is 32.1 Å². The average Bonchev–Trinajstić information content (AvgIpc) is 3.58. The maximum absolute atomic E-state index is 13.7. The first-order chi connectivity index (χ1) is 18.4. The third kappa shape index (κ3) is 4.63. The van der Waals surface area contributed by atoms with Crippen LogP contribution in [0.2, 0.25) is 0 Å². The second-order valence-electron chi connectivity index (χ2n) is 9.49. The van der Waals surface area contributed by atoms with Crippen LogP contribution in [0.15, 0.2) is 77.4 Å². The summed E-state index contributed by atoms with van der Waals surface area (Å²) in [6.45, 7) is 2.17. The smallest absolute Gasteiger partial charge is 0.253 e. The molecule has 6 rings (SSSR count). The number of rotatable bonds is 6. The minimum atomic E-state index is -0.657. The van der Waals surface area contributed by atoms with Gasteiger partial charge in [-0.3, -0.25) is 9.59 Å². The molecule has 9 heteroatoms. The van der Waals surface area contributed by atoms with Crippen molar-refractivity contribution in [3.8, 4) is 16.9 Å². The Morgan fingerprint density at radius 3 is 2.61 bits per heavy atom. The molecule has 0 radical (unpaired) electrons. The van der Waals surface area contributed by atoms with Crippen LogP contribution >= 0.6 is 15.9 Å². The largest absolute Gasteiger partial charge is 0.341 e. The van der Waals surface area contributed by atoms with Gasteiger partial charge in [0.2, 0.25) is 5.91 Å². The summed E-state index contributed by atoms with van der Waals surface area (Å²) < 4.78 is 22.6. The third-order valence-corrected chi connectivity index (χ3v) is 7.43. The highest BCUT2D eigenvalue weighted by molar-refractivity contribution is 9.10. The van der Waals surface area contributed by atoms with E-state index in [1.54, 1.807) is 28.6 Å². The van der Waals surface area contributed by atoms with Crippen LogP contribution in [0.3, 0.4) is 0 Å². The summed E-state index contributed by atoms with van der Waals surface area (Å²) >= 11 is 3.46. The summed E-state index contributed by atoms with van der Waals surface area (Å²) in [6.07, 6.45) is 1.58. The van der Waals surface area contributed by atoms with E-state index in [0.717, 1.165) is 38.1 Å². The summed E-state index contributed by atoms with van der Waals surface area (Å²) in [4.78, 5) is 26.7. The summed E-state index contributed by atoms with van der Waals surface area (Å²) in [5.41, 5.74) is 5.73. The first-order valence-electron chi connectivity index (χ1n) is 12.3. The Bertz CT molecular complexity index is 1530. The van der Waals surface area contributed by atoms with Crippen molar-refractivity contribution >= 4 is 33.4 Å². The number of nitrogens with zero attached hydrogens (tertiary/aromatic N) is 3. The number of benzene rings is 3. The minimum Gasteiger partial charge on any atom is -0.341 e. The fraction of sp³-hybridized carbons (Fsp3) is 0.207. The molecular weight excluding hydrogens is 551 g/mol. The summed E-state index contributed by atoms with van der Waals surface area (Å²) in [7, 11) is 0. The van der Waals surface area contributed by atoms with E-state index in [2.05, 4.69) is 21.2 Å². The van der Waals surface area contributed by atoms with Gasteiger partial charge >= 0.3 is 0 Å². The maximum Gasteiger partial charge on any atom is 0.253 e. The van der Waals surface area contributed by atoms with E-state index in [4.69, 9.17) is 9.84 Å². The molecule has 0 saturated carbocycles. The van der Waals surface area contributed by atoms with Crippen molar-refractivity contribution in [3.05, 3.63) is 99.9 Å². The van der Waals surface area contributed by atoms with Crippen LogP contribution in [0.1, 0.15) is 29.8 Å². The van der Waals surface area contributed by atoms with Crippen molar-refractivity contribution in [2.24, 2.45) is 0 Å². The van der Waals surface area contributed by atoms with Crippen molar-refractivity contribution in [1.29, 1.82) is 0 Å². The van der Waals surface area contributed by atoms with Gasteiger partial charge < -0.3 is 15.0 Å². The normalized spacial score (nSPS) is 18.7. The van der Waals surface area contributed by atoms with E-state index in [-0.39, 0.29) is 17.6 Å². The maximum atomic E-state index is 13.7. The Morgan fingerprint density at radius 2 is 1.84 bits per heavy atom. The number of anilines is 1. The minimum absolute atomic E-state index is 0.00901. The molecule has 2 amide bonds. The van der Waals surface area contributed by atoms with Crippen LogP contribution < -0.4 is 5.32 Å². The molecular formula is C29H24BrFN4O3. The first kappa shape index (κ1) is 24.5. The van der Waals surface area contributed by atoms with E-state index in [1.165, 1.54) is 12.1 Å². The molecule has 2 aliphatic heterocycles. The van der Waals surface area contributed by atoms with Crippen LogP contribution in [-0.2, 0) is 27.2 Å². The van der Waals surface area contributed by atoms with Gasteiger partial charge in [-0.25, -0.2) is 9.07 Å². The molecule has 0 bridgehead atoms. The molecule has 192 valence electrons. The SMILES string of the molecule is C[C@H]1O[C@@H](c2cn(-c3ccc(Br)cc3)nc2-c2ccc(F)cc2)N(CCc2ccc3c(c2)NC(=O)C3)C1=O. The highest BCUT2D eigenvalue weighted by atomic mass is 79.9. The molecule has 2 aliphatic rings. The van der Waals surface area contributed by atoms with Gasteiger partial charge in [0.15, 0.2) is 6.23 Å². The number of aromatic nitrogens is 2. The number of amides is 2. The van der Waals surface area contributed by atoms with Crippen molar-refractivity contribution < 1.29 is 18.7 Å². The van der Waals surface area contributed by atoms with Crippen LogP contribution in [0.5, 0.6) is 0 Å². The Kier molecular flexibility index (Phi) is 6.33. The average molecular weight is 575 g/mol. The number of halogens is 2. The quantitative estimate of drug-likeness (QED) is 0.333. The van der Waals surface area contributed by atoms with Gasteiger partial charge in [0, 0.05) is 34.0 Å². The second kappa shape index (κ2) is 9.81. The summed E-state index contributed by atoms with van der Waals surface area (Å²) in [6, 6.07) is 19.8. The Morgan fingerprint density at radius 1 is 1.08 bits per heavy atom. The molecule has 1 N–H and O–H groups in total. The van der Waals surface area contributed by atoms with Gasteiger partial charge in [0.05, 0.1) is 12.1 Å². The van der Waals surface area contributed by atoms with Gasteiger partial charge in [-0.05, 0) is 79.1 Å². The van der Waals surface area contributed by atoms with Crippen molar-refractivity contribution in [3.63, 3.8) is 0 Å². The fourth-order valence-corrected chi connectivity index (χ4v) is 5.20. The first-order valence-corrected chi connectivity index (χ1v) is 13.1. The molecule has 1 saturated heterocycles. The van der Waals surface area contributed by atoms with E-state index in [0.29, 0.717) is 25.1 Å². The molecule has 3 heterocycles. The topological polar surface area (TPSA) is 76.5 Å². The third-order valence-electron chi connectivity index (χ3n) is 6.91. The number of hydrogen-bond donors (Lipinski definition) is 1. The van der Waals surface area contributed by atoms with Crippen molar-refractivity contribution in [1.82, 2.24) is 14.7 Å². The molecule has 7 nitrogen and oxygen atoms in total. The Balaban J connectivity index is 1.34. The zero-order chi connectivity index (χ0) is 26.4. The van der Waals surface area contributed by atoms with Gasteiger partial charge in [0.1, 0.15) is 17.6 Å². The summed E-state index contributed by atoms with van der Waals surface area (Å²) in [5.74, 6) is -0.452. The standard InChI is InChI=1S/C29H24BrFN4O3/c1-17-28(37)34(13-12-18-2-3-20-15-26(36)32-25(20)14-18)29(38-17)24-16-35(23-10-6-21(30)7-11-23)33-27(24)19-4-8-22(31)9-5-19/h2-11,14,16-17,29H,12-13,15H2,1H3,(H,32,36)/t17-,29+/m1/s1. The van der Waals surface area contributed by atoms with E-state index < -0.39 is 12.3 Å². The zero-order valence-corrected chi connectivity index (χ0v) is 22.1. The molecule has 1 fully saturated rings. The molecule has 1 aromatic heterocycles. The van der Waals surface area contributed by atoms with Gasteiger partial charge in [-0.15, -0.1) is 0 Å². The number of carbonyl (C=O) groups is 2. The highest BCUT2D eigenvalue weighted by Crippen LogP contribution is 2.37. The van der Waals surface area contributed by atoms with Crippen LogP contribution in [0.4, 0.5) is 10.1 Å². The molecule has 2 atom stereocenters. The van der Waals surface area contributed by atoms with Gasteiger partial charge in [-0.2, -0.15) is 5.10 Å². The van der Waals surface area contributed by atoms with Crippen LogP contribution in [0, 0.1) is 5.82 Å². The number of fused-ring (bicyclic) bond motifs is 1. The molecule has 3 aromatic carbocycles. The predicted molar refractivity (Wildman–Crippen MR) is 144 cm³/mol. The number of nitrogens with one attached hydrogen (secondary N) is 1. The molecule has 0 unspecified atom stereocenters. The number of ether oxygens (including phenoxy) is 1. The predicted octanol–water partition coefficient (Wildman–Crippen LogP) is 5.42. The molecule has 0 aliphatic carbocycles. The fourth-order valence-electron chi connectivity index (χ4n) is 4.94.